The first-order valence-electron chi connectivity index (χ1n) is 12.6. The number of fused-ring (bicyclic) bond motifs is 1. The lowest BCUT2D eigenvalue weighted by molar-refractivity contribution is -0.153. The van der Waals surface area contributed by atoms with Gasteiger partial charge < -0.3 is 19.8 Å². The number of ether oxygens (including phenoxy) is 1. The van der Waals surface area contributed by atoms with E-state index in [0.717, 1.165) is 32.5 Å². The predicted octanol–water partition coefficient (Wildman–Crippen LogP) is 5.33. The third-order valence-corrected chi connectivity index (χ3v) is 7.62. The topological polar surface area (TPSA) is 82.9 Å². The summed E-state index contributed by atoms with van der Waals surface area (Å²) in [5.41, 5.74) is 1.87. The van der Waals surface area contributed by atoms with Gasteiger partial charge in [-0.15, -0.1) is 0 Å². The summed E-state index contributed by atoms with van der Waals surface area (Å²) in [5, 5.41) is 21.9. The maximum absolute atomic E-state index is 13.8. The van der Waals surface area contributed by atoms with Crippen LogP contribution in [0.15, 0.2) is 54.7 Å². The number of piperidine rings is 1. The zero-order valence-electron chi connectivity index (χ0n) is 20.8. The first kappa shape index (κ1) is 26.0. The zero-order chi connectivity index (χ0) is 25.5. The van der Waals surface area contributed by atoms with Crippen molar-refractivity contribution in [1.29, 1.82) is 0 Å². The normalized spacial score (nSPS) is 16.6. The maximum atomic E-state index is 13.8. The molecule has 1 aliphatic heterocycles. The number of pyridine rings is 1. The van der Waals surface area contributed by atoms with Crippen molar-refractivity contribution < 1.29 is 24.1 Å². The Labute approximate surface area is 211 Å². The van der Waals surface area contributed by atoms with E-state index < -0.39 is 24.2 Å². The van der Waals surface area contributed by atoms with Crippen LogP contribution in [-0.4, -0.2) is 52.8 Å². The van der Waals surface area contributed by atoms with Crippen LogP contribution in [0.4, 0.5) is 4.39 Å². The minimum atomic E-state index is -0.992. The smallest absolute Gasteiger partial charge is 0.309 e. The highest BCUT2D eigenvalue weighted by atomic mass is 19.1. The lowest BCUT2D eigenvalue weighted by Crippen LogP contribution is -2.44. The third kappa shape index (κ3) is 5.85. The van der Waals surface area contributed by atoms with Crippen LogP contribution in [0.3, 0.4) is 0 Å². The van der Waals surface area contributed by atoms with Crippen molar-refractivity contribution in [2.45, 2.75) is 51.3 Å². The van der Waals surface area contributed by atoms with E-state index in [1.54, 1.807) is 25.3 Å². The van der Waals surface area contributed by atoms with Gasteiger partial charge in [-0.2, -0.15) is 0 Å². The second-order valence-corrected chi connectivity index (χ2v) is 9.78. The molecule has 1 fully saturated rings. The van der Waals surface area contributed by atoms with E-state index in [1.165, 1.54) is 11.8 Å². The molecule has 192 valence electrons. The highest BCUT2D eigenvalue weighted by molar-refractivity contribution is 5.85. The molecule has 1 aliphatic rings. The summed E-state index contributed by atoms with van der Waals surface area (Å²) in [6, 6.07) is 15.7. The molecule has 0 bridgehead atoms. The van der Waals surface area contributed by atoms with E-state index in [1.807, 2.05) is 18.2 Å². The Morgan fingerprint density at radius 3 is 2.61 bits per heavy atom. The predicted molar refractivity (Wildman–Crippen MR) is 138 cm³/mol. The molecule has 36 heavy (non-hydrogen) atoms. The van der Waals surface area contributed by atoms with Gasteiger partial charge in [0.25, 0.3) is 0 Å². The summed E-state index contributed by atoms with van der Waals surface area (Å²) in [5.74, 6) is -0.221. The number of nitrogens with zero attached hydrogens (tertiary/aromatic N) is 2. The number of likely N-dealkylation sites (tertiary alicyclic amines) is 1. The quantitative estimate of drug-likeness (QED) is 0.375. The van der Waals surface area contributed by atoms with Crippen molar-refractivity contribution >= 4 is 16.9 Å². The standard InChI is InChI=1S/C29H35FN2O4/c1-36-23-9-10-25-24(18-23)27(22(19-30)20-31-25)26(33)11-12-29(28(34)35)13-16-32(17-14-29)15-5-8-21-6-3-2-4-7-21/h2-4,6-7,9-10,18,20,26,33H,5,8,11-17,19H2,1H3,(H,34,35)/t26-/m0/s1. The van der Waals surface area contributed by atoms with Gasteiger partial charge in [-0.05, 0) is 87.5 Å². The molecule has 7 heteroatoms. The van der Waals surface area contributed by atoms with Crippen LogP contribution < -0.4 is 4.74 Å². The zero-order valence-corrected chi connectivity index (χ0v) is 20.8. The van der Waals surface area contributed by atoms with Gasteiger partial charge in [0.15, 0.2) is 0 Å². The number of methoxy groups -OCH3 is 1. The van der Waals surface area contributed by atoms with Crippen molar-refractivity contribution in [3.05, 3.63) is 71.4 Å². The lowest BCUT2D eigenvalue weighted by atomic mass is 9.73. The largest absolute Gasteiger partial charge is 0.497 e. The second-order valence-electron chi connectivity index (χ2n) is 9.78. The van der Waals surface area contributed by atoms with Crippen molar-refractivity contribution in [2.24, 2.45) is 5.41 Å². The summed E-state index contributed by atoms with van der Waals surface area (Å²) in [7, 11) is 1.55. The Morgan fingerprint density at radius 1 is 1.19 bits per heavy atom. The molecule has 1 aromatic heterocycles. The van der Waals surface area contributed by atoms with Crippen molar-refractivity contribution in [1.82, 2.24) is 9.88 Å². The molecule has 6 nitrogen and oxygen atoms in total. The molecule has 0 unspecified atom stereocenters. The van der Waals surface area contributed by atoms with Gasteiger partial charge in [0, 0.05) is 17.1 Å². The molecule has 0 radical (unpaired) electrons. The number of rotatable bonds is 11. The molecular weight excluding hydrogens is 459 g/mol. The van der Waals surface area contributed by atoms with Crippen molar-refractivity contribution in [2.75, 3.05) is 26.7 Å². The Kier molecular flexibility index (Phi) is 8.54. The van der Waals surface area contributed by atoms with E-state index in [-0.39, 0.29) is 6.42 Å². The van der Waals surface area contributed by atoms with Gasteiger partial charge in [-0.1, -0.05) is 30.3 Å². The molecule has 2 N–H and O–H groups in total. The average molecular weight is 495 g/mol. The van der Waals surface area contributed by atoms with E-state index in [4.69, 9.17) is 4.74 Å². The number of aryl methyl sites for hydroxylation is 1. The SMILES string of the molecule is COc1ccc2ncc(CF)c([C@@H](O)CCC3(C(=O)O)CCN(CCCc4ccccc4)CC3)c2c1. The van der Waals surface area contributed by atoms with Gasteiger partial charge in [0.2, 0.25) is 0 Å². The van der Waals surface area contributed by atoms with Gasteiger partial charge in [0.05, 0.1) is 24.1 Å². The van der Waals surface area contributed by atoms with Gasteiger partial charge >= 0.3 is 5.97 Å². The van der Waals surface area contributed by atoms with Crippen LogP contribution in [0.25, 0.3) is 10.9 Å². The van der Waals surface area contributed by atoms with Crippen LogP contribution in [-0.2, 0) is 17.9 Å². The van der Waals surface area contributed by atoms with E-state index in [2.05, 4.69) is 22.0 Å². The third-order valence-electron chi connectivity index (χ3n) is 7.62. The molecule has 0 aliphatic carbocycles. The second kappa shape index (κ2) is 11.8. The first-order chi connectivity index (χ1) is 17.5. The van der Waals surface area contributed by atoms with Crippen LogP contribution in [0, 0.1) is 5.41 Å². The van der Waals surface area contributed by atoms with Crippen LogP contribution >= 0.6 is 0 Å². The molecule has 4 rings (SSSR count). The van der Waals surface area contributed by atoms with Crippen molar-refractivity contribution in [3.63, 3.8) is 0 Å². The number of carbonyl (C=O) groups is 1. The van der Waals surface area contributed by atoms with Gasteiger partial charge in [0.1, 0.15) is 12.4 Å². The number of carboxylic acids is 1. The summed E-state index contributed by atoms with van der Waals surface area (Å²) in [6.07, 6.45) is 4.16. The molecule has 1 atom stereocenters. The summed E-state index contributed by atoms with van der Waals surface area (Å²) < 4.78 is 19.1. The Morgan fingerprint density at radius 2 is 1.94 bits per heavy atom. The molecule has 1 saturated heterocycles. The minimum Gasteiger partial charge on any atom is -0.497 e. The number of carboxylic acid groups (broad SMARTS) is 1. The lowest BCUT2D eigenvalue weighted by Gasteiger charge is -2.39. The van der Waals surface area contributed by atoms with Crippen LogP contribution in [0.2, 0.25) is 0 Å². The fourth-order valence-corrected chi connectivity index (χ4v) is 5.34. The van der Waals surface area contributed by atoms with E-state index >= 15 is 0 Å². The van der Waals surface area contributed by atoms with Crippen molar-refractivity contribution in [3.8, 4) is 5.75 Å². The molecular formula is C29H35FN2O4. The highest BCUT2D eigenvalue weighted by Crippen LogP contribution is 2.40. The number of hydrogen-bond acceptors (Lipinski definition) is 5. The number of aliphatic hydroxyl groups excluding tert-OH is 1. The number of alkyl halides is 1. The molecule has 0 amide bonds. The van der Waals surface area contributed by atoms with Crippen LogP contribution in [0.1, 0.15) is 54.9 Å². The first-order valence-corrected chi connectivity index (χ1v) is 12.6. The fourth-order valence-electron chi connectivity index (χ4n) is 5.34. The summed E-state index contributed by atoms with van der Waals surface area (Å²) in [6.45, 7) is 1.64. The molecule has 3 aromatic rings. The van der Waals surface area contributed by atoms with Crippen LogP contribution in [0.5, 0.6) is 5.75 Å². The average Bonchev–Trinajstić information content (AvgIpc) is 2.92. The molecule has 0 saturated carbocycles. The molecule has 2 heterocycles. The molecule has 0 spiro atoms. The maximum Gasteiger partial charge on any atom is 0.309 e. The number of aliphatic hydroxyl groups is 1. The monoisotopic (exact) mass is 494 g/mol. The molecule has 2 aromatic carbocycles. The minimum absolute atomic E-state index is 0.240. The number of aliphatic carboxylic acids is 1. The number of benzene rings is 2. The van der Waals surface area contributed by atoms with E-state index in [0.29, 0.717) is 47.0 Å². The Hall–Kier alpha value is -3.03. The fraction of sp³-hybridized carbons (Fsp3) is 0.448. The number of hydrogen-bond donors (Lipinski definition) is 2. The van der Waals surface area contributed by atoms with Gasteiger partial charge in [-0.3, -0.25) is 9.78 Å². The summed E-state index contributed by atoms with van der Waals surface area (Å²) in [4.78, 5) is 19.0. The Balaban J connectivity index is 1.40. The highest BCUT2D eigenvalue weighted by Gasteiger charge is 2.41. The number of aromatic nitrogens is 1. The Bertz CT molecular complexity index is 1160. The van der Waals surface area contributed by atoms with Gasteiger partial charge in [-0.25, -0.2) is 4.39 Å². The number of halogens is 1. The summed E-state index contributed by atoms with van der Waals surface area (Å²) >= 11 is 0. The van der Waals surface area contributed by atoms with E-state index in [9.17, 15) is 19.4 Å².